The minimum absolute atomic E-state index is 0.154. The molecular weight excluding hydrogens is 530 g/mol. The molecule has 11 heteroatoms. The number of halogens is 3. The Kier molecular flexibility index (Phi) is 8.80. The summed E-state index contributed by atoms with van der Waals surface area (Å²) in [6.07, 6.45) is 6.05. The highest BCUT2D eigenvalue weighted by molar-refractivity contribution is 6.33. The average molecular weight is 564 g/mol. The van der Waals surface area contributed by atoms with Crippen LogP contribution in [-0.2, 0) is 13.2 Å². The predicted octanol–water partition coefficient (Wildman–Crippen LogP) is 5.03. The van der Waals surface area contributed by atoms with Gasteiger partial charge in [0.05, 0.1) is 10.6 Å². The van der Waals surface area contributed by atoms with Gasteiger partial charge >= 0.3 is 0 Å². The summed E-state index contributed by atoms with van der Waals surface area (Å²) in [6, 6.07) is 7.67. The lowest BCUT2D eigenvalue weighted by Crippen LogP contribution is -2.58. The Balaban J connectivity index is 1.21. The van der Waals surface area contributed by atoms with Gasteiger partial charge in [-0.15, -0.1) is 10.2 Å². The number of rotatable bonds is 8. The van der Waals surface area contributed by atoms with Crippen LogP contribution in [0.15, 0.2) is 34.9 Å². The van der Waals surface area contributed by atoms with E-state index < -0.39 is 0 Å². The summed E-state index contributed by atoms with van der Waals surface area (Å²) in [5.41, 5.74) is 1.33. The molecule has 1 N–H and O–H groups in total. The van der Waals surface area contributed by atoms with Crippen molar-refractivity contribution in [3.8, 4) is 11.5 Å². The van der Waals surface area contributed by atoms with E-state index in [9.17, 15) is 9.50 Å². The quantitative estimate of drug-likeness (QED) is 0.409. The van der Waals surface area contributed by atoms with E-state index in [1.807, 2.05) is 0 Å². The summed E-state index contributed by atoms with van der Waals surface area (Å²) in [7, 11) is 0. The first-order valence-electron chi connectivity index (χ1n) is 13.2. The molecule has 2 aliphatic heterocycles. The molecule has 0 bridgehead atoms. The van der Waals surface area contributed by atoms with Crippen LogP contribution in [0.3, 0.4) is 0 Å². The number of aromatic nitrogens is 3. The molecular formula is C27H33Cl2FN6O2. The highest BCUT2D eigenvalue weighted by Crippen LogP contribution is 2.32. The summed E-state index contributed by atoms with van der Waals surface area (Å²) in [4.78, 5) is 11.9. The van der Waals surface area contributed by atoms with Gasteiger partial charge in [0, 0.05) is 55.0 Å². The number of hydrogen-bond acceptors (Lipinski definition) is 8. The van der Waals surface area contributed by atoms with Crippen molar-refractivity contribution < 1.29 is 13.9 Å². The largest absolute Gasteiger partial charge is 0.418 e. The number of piperazine rings is 1. The van der Waals surface area contributed by atoms with Gasteiger partial charge < -0.3 is 14.4 Å². The van der Waals surface area contributed by atoms with Crippen molar-refractivity contribution in [1.82, 2.24) is 25.0 Å². The Bertz CT molecular complexity index is 1240. The van der Waals surface area contributed by atoms with Gasteiger partial charge in [0.2, 0.25) is 11.8 Å². The third-order valence-electron chi connectivity index (χ3n) is 7.56. The summed E-state index contributed by atoms with van der Waals surface area (Å²) < 4.78 is 19.7. The lowest BCUT2D eigenvalue weighted by atomic mass is 9.97. The van der Waals surface area contributed by atoms with Crippen LogP contribution >= 0.6 is 23.2 Å². The fourth-order valence-corrected chi connectivity index (χ4v) is 6.09. The second-order valence-electron chi connectivity index (χ2n) is 10.1. The zero-order valence-electron chi connectivity index (χ0n) is 21.5. The van der Waals surface area contributed by atoms with Crippen molar-refractivity contribution >= 4 is 29.0 Å². The van der Waals surface area contributed by atoms with Crippen LogP contribution in [-0.4, -0.2) is 74.9 Å². The van der Waals surface area contributed by atoms with Gasteiger partial charge in [0.25, 0.3) is 0 Å². The molecule has 0 aliphatic carbocycles. The van der Waals surface area contributed by atoms with Crippen LogP contribution < -0.4 is 4.90 Å². The molecule has 0 amide bonds. The van der Waals surface area contributed by atoms with Crippen molar-refractivity contribution in [1.29, 1.82) is 0 Å². The first-order chi connectivity index (χ1) is 18.4. The molecule has 0 spiro atoms. The third-order valence-corrected chi connectivity index (χ3v) is 8.07. The van der Waals surface area contributed by atoms with Gasteiger partial charge in [0.1, 0.15) is 18.2 Å². The summed E-state index contributed by atoms with van der Waals surface area (Å²) >= 11 is 12.6. The highest BCUT2D eigenvalue weighted by atomic mass is 35.5. The molecule has 1 atom stereocenters. The smallest absolute Gasteiger partial charge is 0.249 e. The fourth-order valence-electron chi connectivity index (χ4n) is 5.65. The van der Waals surface area contributed by atoms with E-state index in [0.717, 1.165) is 64.2 Å². The van der Waals surface area contributed by atoms with Crippen LogP contribution in [0, 0.1) is 5.82 Å². The molecule has 0 unspecified atom stereocenters. The molecule has 0 saturated carbocycles. The van der Waals surface area contributed by atoms with Gasteiger partial charge in [-0.05, 0) is 50.6 Å². The molecule has 1 aromatic carbocycles. The third kappa shape index (κ3) is 6.13. The van der Waals surface area contributed by atoms with E-state index in [1.165, 1.54) is 6.07 Å². The molecule has 2 fully saturated rings. The zero-order valence-corrected chi connectivity index (χ0v) is 23.0. The number of likely N-dealkylation sites (tertiary alicyclic amines) is 1. The van der Waals surface area contributed by atoms with Gasteiger partial charge in [-0.25, -0.2) is 9.37 Å². The van der Waals surface area contributed by atoms with Crippen molar-refractivity contribution in [2.24, 2.45) is 0 Å². The van der Waals surface area contributed by atoms with Crippen LogP contribution in [0.4, 0.5) is 10.2 Å². The molecule has 2 aromatic heterocycles. The Morgan fingerprint density at radius 2 is 1.92 bits per heavy atom. The van der Waals surface area contributed by atoms with Crippen molar-refractivity contribution in [3.05, 3.63) is 57.8 Å². The topological polar surface area (TPSA) is 81.8 Å². The number of nitrogens with zero attached hydrogens (tertiary/aromatic N) is 6. The Morgan fingerprint density at radius 1 is 1.11 bits per heavy atom. The maximum atomic E-state index is 14.3. The number of anilines is 1. The molecule has 2 aliphatic rings. The predicted molar refractivity (Wildman–Crippen MR) is 146 cm³/mol. The van der Waals surface area contributed by atoms with Crippen molar-refractivity contribution in [2.45, 2.75) is 57.8 Å². The standard InChI is InChI=1S/C27H33Cl2FN6O2/c1-2-3-22-16-35(26-23(29)12-19(14-31-26)27-33-32-25(17-37)38-27)10-11-36(22)21-6-8-34(9-7-21)15-18-4-5-20(28)13-24(18)30/h4-5,12-14,21-22,37H,2-3,6-11,15-17H2,1H3/t22-/m0/s1. The molecule has 8 nitrogen and oxygen atoms in total. The molecule has 38 heavy (non-hydrogen) atoms. The number of aliphatic hydroxyl groups is 1. The van der Waals surface area contributed by atoms with Crippen molar-refractivity contribution in [2.75, 3.05) is 37.6 Å². The van der Waals surface area contributed by atoms with E-state index >= 15 is 0 Å². The van der Waals surface area contributed by atoms with E-state index in [4.69, 9.17) is 27.6 Å². The van der Waals surface area contributed by atoms with Crippen LogP contribution in [0.25, 0.3) is 11.5 Å². The van der Waals surface area contributed by atoms with Gasteiger partial charge in [-0.3, -0.25) is 9.80 Å². The summed E-state index contributed by atoms with van der Waals surface area (Å²) in [5, 5.41) is 17.9. The minimum atomic E-state index is -0.310. The number of pyridine rings is 1. The number of aliphatic hydroxyl groups excluding tert-OH is 1. The van der Waals surface area contributed by atoms with Crippen molar-refractivity contribution in [3.63, 3.8) is 0 Å². The van der Waals surface area contributed by atoms with E-state index in [1.54, 1.807) is 24.4 Å². The van der Waals surface area contributed by atoms with Crippen LogP contribution in [0.1, 0.15) is 44.1 Å². The summed E-state index contributed by atoms with van der Waals surface area (Å²) in [5.74, 6) is 0.972. The maximum absolute atomic E-state index is 14.3. The molecule has 5 rings (SSSR count). The molecule has 204 valence electrons. The van der Waals surface area contributed by atoms with Crippen LogP contribution in [0.5, 0.6) is 0 Å². The Labute approximate surface area is 232 Å². The maximum Gasteiger partial charge on any atom is 0.249 e. The van der Waals surface area contributed by atoms with Gasteiger partial charge in [0.15, 0.2) is 0 Å². The SMILES string of the molecule is CCC[C@H]1CN(c2ncc(-c3nnc(CO)o3)cc2Cl)CCN1C1CCN(Cc2ccc(Cl)cc2F)CC1. The van der Waals surface area contributed by atoms with E-state index in [0.29, 0.717) is 39.8 Å². The number of hydrogen-bond donors (Lipinski definition) is 1. The lowest BCUT2D eigenvalue weighted by molar-refractivity contribution is 0.0587. The Morgan fingerprint density at radius 3 is 2.61 bits per heavy atom. The normalized spacial score (nSPS) is 19.8. The molecule has 0 radical (unpaired) electrons. The second-order valence-corrected chi connectivity index (χ2v) is 10.9. The molecule has 2 saturated heterocycles. The summed E-state index contributed by atoms with van der Waals surface area (Å²) in [6.45, 7) is 7.10. The van der Waals surface area contributed by atoms with Crippen LogP contribution in [0.2, 0.25) is 10.0 Å². The highest BCUT2D eigenvalue weighted by Gasteiger charge is 2.34. The average Bonchev–Trinajstić information content (AvgIpc) is 3.41. The lowest BCUT2D eigenvalue weighted by Gasteiger charge is -2.48. The number of piperidine rings is 1. The molecule has 3 aromatic rings. The fraction of sp³-hybridized carbons (Fsp3) is 0.519. The van der Waals surface area contributed by atoms with E-state index in [-0.39, 0.29) is 24.2 Å². The monoisotopic (exact) mass is 562 g/mol. The van der Waals surface area contributed by atoms with E-state index in [2.05, 4.69) is 36.8 Å². The minimum Gasteiger partial charge on any atom is -0.418 e. The Hall–Kier alpha value is -2.30. The number of benzene rings is 1. The molecule has 4 heterocycles. The zero-order chi connectivity index (χ0) is 26.6. The van der Waals surface area contributed by atoms with Gasteiger partial charge in [-0.2, -0.15) is 0 Å². The first-order valence-corrected chi connectivity index (χ1v) is 14.0. The van der Waals surface area contributed by atoms with Gasteiger partial charge in [-0.1, -0.05) is 42.6 Å². The second kappa shape index (κ2) is 12.3. The first kappa shape index (κ1) is 27.3.